The summed E-state index contributed by atoms with van der Waals surface area (Å²) in [5.41, 5.74) is 1.57. The molecule has 0 radical (unpaired) electrons. The minimum Gasteiger partial charge on any atom is -0.465 e. The summed E-state index contributed by atoms with van der Waals surface area (Å²) in [6.07, 6.45) is -3.21. The number of carbonyl (C=O) groups is 2. The van der Waals surface area contributed by atoms with Crippen molar-refractivity contribution in [1.29, 1.82) is 0 Å². The van der Waals surface area contributed by atoms with Gasteiger partial charge in [-0.15, -0.1) is 0 Å². The number of imidazole rings is 1. The number of halogens is 3. The molecular weight excluding hydrogens is 613 g/mol. The Labute approximate surface area is 258 Å². The molecule has 2 fully saturated rings. The average Bonchev–Trinajstić information content (AvgIpc) is 3.63. The van der Waals surface area contributed by atoms with Crippen molar-refractivity contribution in [1.82, 2.24) is 24.1 Å². The molecule has 2 saturated heterocycles. The Hall–Kier alpha value is -4.11. The van der Waals surface area contributed by atoms with Crippen LogP contribution in [0.1, 0.15) is 40.7 Å². The SMILES string of the molecule is C=CS(=O)(=O)NC[C@H]1CCN(C(=O)c2ccc3c(c2)nc(NCc2ccc(C(F)(F)F)cc2)n3CC2CCCN(C(=O)O)C2)C1. The average molecular weight is 649 g/mol. The highest BCUT2D eigenvalue weighted by molar-refractivity contribution is 7.92. The summed E-state index contributed by atoms with van der Waals surface area (Å²) in [4.78, 5) is 32.8. The molecule has 2 amide bonds. The van der Waals surface area contributed by atoms with Crippen molar-refractivity contribution in [3.8, 4) is 0 Å². The van der Waals surface area contributed by atoms with Crippen LogP contribution in [-0.2, 0) is 29.3 Å². The molecule has 242 valence electrons. The molecule has 15 heteroatoms. The molecule has 45 heavy (non-hydrogen) atoms. The van der Waals surface area contributed by atoms with Crippen molar-refractivity contribution in [2.45, 2.75) is 38.5 Å². The molecule has 3 aromatic rings. The summed E-state index contributed by atoms with van der Waals surface area (Å²) in [7, 11) is -3.55. The standard InChI is InChI=1S/C30H35F3N6O5S/c1-2-45(43,44)35-16-21-11-13-37(17-21)27(40)23-7-10-26-25(14-23)36-28(34-15-20-5-8-24(9-6-20)30(31,32)33)39(26)19-22-4-3-12-38(18-22)29(41)42/h2,5-10,14,21-22,35H,1,3-4,11-13,15-19H2,(H,34,36)(H,41,42)/t21-,22?/m1/s1. The molecule has 0 spiro atoms. The number of piperidine rings is 1. The van der Waals surface area contributed by atoms with E-state index < -0.39 is 27.9 Å². The predicted octanol–water partition coefficient (Wildman–Crippen LogP) is 4.58. The summed E-state index contributed by atoms with van der Waals surface area (Å²) in [5, 5.41) is 13.6. The molecule has 1 aromatic heterocycles. The molecule has 2 aliphatic heterocycles. The Morgan fingerprint density at radius 1 is 1.04 bits per heavy atom. The van der Waals surface area contributed by atoms with Gasteiger partial charge < -0.3 is 24.8 Å². The highest BCUT2D eigenvalue weighted by Crippen LogP contribution is 2.30. The Morgan fingerprint density at radius 3 is 2.47 bits per heavy atom. The second-order valence-electron chi connectivity index (χ2n) is 11.5. The van der Waals surface area contributed by atoms with E-state index in [2.05, 4.69) is 16.6 Å². The molecular formula is C30H35F3N6O5S. The Balaban J connectivity index is 1.36. The number of anilines is 1. The van der Waals surface area contributed by atoms with Crippen LogP contribution < -0.4 is 10.0 Å². The van der Waals surface area contributed by atoms with Crippen LogP contribution in [0.4, 0.5) is 23.9 Å². The van der Waals surface area contributed by atoms with Crippen LogP contribution in [0, 0.1) is 11.8 Å². The third kappa shape index (κ3) is 7.76. The van der Waals surface area contributed by atoms with Gasteiger partial charge in [0.05, 0.1) is 16.6 Å². The van der Waals surface area contributed by atoms with Gasteiger partial charge in [-0.1, -0.05) is 18.7 Å². The number of benzene rings is 2. The number of carbonyl (C=O) groups excluding carboxylic acids is 1. The number of nitrogens with one attached hydrogen (secondary N) is 2. The van der Waals surface area contributed by atoms with Gasteiger partial charge in [-0.3, -0.25) is 4.79 Å². The minimum atomic E-state index is -4.43. The number of hydrogen-bond acceptors (Lipinski definition) is 6. The van der Waals surface area contributed by atoms with Crippen molar-refractivity contribution in [3.63, 3.8) is 0 Å². The van der Waals surface area contributed by atoms with Crippen molar-refractivity contribution in [3.05, 3.63) is 71.1 Å². The zero-order valence-electron chi connectivity index (χ0n) is 24.5. The lowest BCUT2D eigenvalue weighted by atomic mass is 9.98. The molecule has 2 atom stereocenters. The largest absolute Gasteiger partial charge is 0.465 e. The van der Waals surface area contributed by atoms with E-state index in [-0.39, 0.29) is 30.8 Å². The van der Waals surface area contributed by atoms with Crippen LogP contribution in [0.5, 0.6) is 0 Å². The first-order valence-corrected chi connectivity index (χ1v) is 16.2. The molecule has 2 aromatic carbocycles. The van der Waals surface area contributed by atoms with E-state index >= 15 is 0 Å². The molecule has 11 nitrogen and oxygen atoms in total. The number of sulfonamides is 1. The fourth-order valence-electron chi connectivity index (χ4n) is 5.88. The highest BCUT2D eigenvalue weighted by Gasteiger charge is 2.31. The fourth-order valence-corrected chi connectivity index (χ4v) is 6.47. The van der Waals surface area contributed by atoms with Gasteiger partial charge in [0.15, 0.2) is 0 Å². The minimum absolute atomic E-state index is 0.0141. The molecule has 3 heterocycles. The van der Waals surface area contributed by atoms with Crippen molar-refractivity contribution >= 4 is 39.0 Å². The molecule has 1 unspecified atom stereocenters. The van der Waals surface area contributed by atoms with Crippen molar-refractivity contribution in [2.24, 2.45) is 11.8 Å². The quantitative estimate of drug-likeness (QED) is 0.293. The second-order valence-corrected chi connectivity index (χ2v) is 13.2. The van der Waals surface area contributed by atoms with Crippen molar-refractivity contribution < 1.29 is 36.3 Å². The second kappa shape index (κ2) is 13.1. The van der Waals surface area contributed by atoms with Crippen LogP contribution in [0.2, 0.25) is 0 Å². The Morgan fingerprint density at radius 2 is 1.78 bits per heavy atom. The van der Waals surface area contributed by atoms with Crippen LogP contribution in [0.25, 0.3) is 11.0 Å². The molecule has 3 N–H and O–H groups in total. The molecule has 0 bridgehead atoms. The number of likely N-dealkylation sites (tertiary alicyclic amines) is 2. The lowest BCUT2D eigenvalue weighted by molar-refractivity contribution is -0.137. The Kier molecular flexibility index (Phi) is 9.39. The smallest absolute Gasteiger partial charge is 0.416 e. The first-order valence-electron chi connectivity index (χ1n) is 14.6. The van der Waals surface area contributed by atoms with E-state index in [0.717, 1.165) is 35.9 Å². The lowest BCUT2D eigenvalue weighted by Crippen LogP contribution is -2.40. The number of nitrogens with zero attached hydrogens (tertiary/aromatic N) is 4. The van der Waals surface area contributed by atoms with Crippen molar-refractivity contribution in [2.75, 3.05) is 38.0 Å². The van der Waals surface area contributed by atoms with Gasteiger partial charge >= 0.3 is 12.3 Å². The van der Waals surface area contributed by atoms with Gasteiger partial charge in [0.2, 0.25) is 16.0 Å². The van der Waals surface area contributed by atoms with Gasteiger partial charge in [-0.05, 0) is 67.0 Å². The molecule has 5 rings (SSSR count). The van der Waals surface area contributed by atoms with E-state index in [9.17, 15) is 36.3 Å². The van der Waals surface area contributed by atoms with E-state index in [0.29, 0.717) is 61.7 Å². The van der Waals surface area contributed by atoms with E-state index in [4.69, 9.17) is 4.98 Å². The van der Waals surface area contributed by atoms with Gasteiger partial charge in [-0.25, -0.2) is 22.9 Å². The predicted molar refractivity (Wildman–Crippen MR) is 162 cm³/mol. The van der Waals surface area contributed by atoms with Crippen LogP contribution in [0.15, 0.2) is 54.5 Å². The zero-order valence-corrected chi connectivity index (χ0v) is 25.3. The van der Waals surface area contributed by atoms with Crippen LogP contribution in [0.3, 0.4) is 0 Å². The van der Waals surface area contributed by atoms with E-state index in [1.54, 1.807) is 23.1 Å². The third-order valence-corrected chi connectivity index (χ3v) is 9.33. The van der Waals surface area contributed by atoms with E-state index in [1.165, 1.54) is 17.0 Å². The maximum absolute atomic E-state index is 13.4. The Bertz CT molecular complexity index is 1680. The summed E-state index contributed by atoms with van der Waals surface area (Å²) < 4.78 is 66.9. The molecule has 0 saturated carbocycles. The number of carboxylic acid groups (broad SMARTS) is 1. The van der Waals surface area contributed by atoms with Crippen LogP contribution in [-0.4, -0.2) is 77.6 Å². The first-order chi connectivity index (χ1) is 21.3. The fraction of sp³-hybridized carbons (Fsp3) is 0.433. The summed E-state index contributed by atoms with van der Waals surface area (Å²) >= 11 is 0. The van der Waals surface area contributed by atoms with Gasteiger partial charge in [0.1, 0.15) is 0 Å². The first kappa shape index (κ1) is 32.3. The number of fused-ring (bicyclic) bond motifs is 1. The number of rotatable bonds is 10. The normalized spacial score (nSPS) is 19.2. The maximum atomic E-state index is 13.4. The van der Waals surface area contributed by atoms with Gasteiger partial charge in [-0.2, -0.15) is 13.2 Å². The van der Waals surface area contributed by atoms with Crippen LogP contribution >= 0.6 is 0 Å². The monoisotopic (exact) mass is 648 g/mol. The topological polar surface area (TPSA) is 137 Å². The zero-order chi connectivity index (χ0) is 32.4. The number of alkyl halides is 3. The van der Waals surface area contributed by atoms with E-state index in [1.807, 2.05) is 4.57 Å². The van der Waals surface area contributed by atoms with Gasteiger partial charge in [0, 0.05) is 56.8 Å². The van der Waals surface area contributed by atoms with Gasteiger partial charge in [0.25, 0.3) is 5.91 Å². The summed E-state index contributed by atoms with van der Waals surface area (Å²) in [6, 6.07) is 10.0. The maximum Gasteiger partial charge on any atom is 0.416 e. The number of aromatic nitrogens is 2. The molecule has 2 aliphatic rings. The number of amides is 2. The number of hydrogen-bond donors (Lipinski definition) is 3. The lowest BCUT2D eigenvalue weighted by Gasteiger charge is -2.31. The highest BCUT2D eigenvalue weighted by atomic mass is 32.2. The molecule has 0 aliphatic carbocycles. The summed E-state index contributed by atoms with van der Waals surface area (Å²) in [5.74, 6) is 0.232. The third-order valence-electron chi connectivity index (χ3n) is 8.32. The summed E-state index contributed by atoms with van der Waals surface area (Å²) in [6.45, 7) is 5.85.